The molecule has 6 heteroatoms. The lowest BCUT2D eigenvalue weighted by atomic mass is 10.3. The highest BCUT2D eigenvalue weighted by molar-refractivity contribution is 5.32. The van der Waals surface area contributed by atoms with Crippen molar-refractivity contribution in [3.05, 3.63) is 42.1 Å². The molecule has 0 saturated heterocycles. The number of anilines is 1. The van der Waals surface area contributed by atoms with Crippen molar-refractivity contribution in [3.63, 3.8) is 0 Å². The van der Waals surface area contributed by atoms with Gasteiger partial charge in [-0.05, 0) is 18.6 Å². The molecule has 0 aliphatic rings. The van der Waals surface area contributed by atoms with Gasteiger partial charge in [0.2, 0.25) is 11.8 Å². The Balaban J connectivity index is 2.16. The van der Waals surface area contributed by atoms with Crippen molar-refractivity contribution in [1.82, 2.24) is 9.97 Å². The van der Waals surface area contributed by atoms with E-state index in [4.69, 9.17) is 4.74 Å². The molecule has 1 aromatic carbocycles. The molecule has 0 unspecified atom stereocenters. The summed E-state index contributed by atoms with van der Waals surface area (Å²) in [5.74, 6) is -0.896. The molecule has 0 atom stereocenters. The van der Waals surface area contributed by atoms with E-state index in [1.807, 2.05) is 6.92 Å². The van der Waals surface area contributed by atoms with Gasteiger partial charge in [0.25, 0.3) is 0 Å². The highest BCUT2D eigenvalue weighted by Crippen LogP contribution is 2.24. The summed E-state index contributed by atoms with van der Waals surface area (Å²) in [6, 6.07) is 4.47. The molecule has 0 saturated carbocycles. The van der Waals surface area contributed by atoms with E-state index in [-0.39, 0.29) is 11.6 Å². The number of hydrogen-bond acceptors (Lipinski definition) is 4. The van der Waals surface area contributed by atoms with Gasteiger partial charge in [-0.3, -0.25) is 0 Å². The fraction of sp³-hybridized carbons (Fsp3) is 0.231. The van der Waals surface area contributed by atoms with Crippen LogP contribution in [0.4, 0.5) is 14.7 Å². The minimum Gasteiger partial charge on any atom is -0.436 e. The topological polar surface area (TPSA) is 47.0 Å². The largest absolute Gasteiger partial charge is 0.436 e. The minimum absolute atomic E-state index is 0.151. The van der Waals surface area contributed by atoms with Gasteiger partial charge in [-0.15, -0.1) is 0 Å². The molecule has 0 radical (unpaired) electrons. The van der Waals surface area contributed by atoms with Crippen LogP contribution in [0.15, 0.2) is 30.5 Å². The maximum absolute atomic E-state index is 13.4. The Labute approximate surface area is 109 Å². The summed E-state index contributed by atoms with van der Waals surface area (Å²) in [6.45, 7) is 2.73. The van der Waals surface area contributed by atoms with Gasteiger partial charge in [0, 0.05) is 24.9 Å². The molecule has 0 amide bonds. The maximum Gasteiger partial charge on any atom is 0.225 e. The minimum atomic E-state index is -0.650. The third-order valence-corrected chi connectivity index (χ3v) is 2.27. The Kier molecular flexibility index (Phi) is 4.22. The van der Waals surface area contributed by atoms with E-state index in [1.165, 1.54) is 12.3 Å². The molecule has 0 aliphatic heterocycles. The van der Waals surface area contributed by atoms with Crippen LogP contribution in [0.2, 0.25) is 0 Å². The highest BCUT2D eigenvalue weighted by Gasteiger charge is 2.08. The van der Waals surface area contributed by atoms with Gasteiger partial charge < -0.3 is 10.1 Å². The number of hydrogen-bond donors (Lipinski definition) is 1. The third kappa shape index (κ3) is 3.61. The van der Waals surface area contributed by atoms with Crippen LogP contribution in [0.25, 0.3) is 0 Å². The first-order chi connectivity index (χ1) is 9.19. The molecule has 2 rings (SSSR count). The van der Waals surface area contributed by atoms with Gasteiger partial charge in [-0.25, -0.2) is 13.8 Å². The van der Waals surface area contributed by atoms with Crippen molar-refractivity contribution in [2.75, 3.05) is 11.9 Å². The molecule has 100 valence electrons. The molecule has 0 bridgehead atoms. The molecular weight excluding hydrogens is 252 g/mol. The zero-order chi connectivity index (χ0) is 13.7. The molecule has 1 aromatic heterocycles. The normalized spacial score (nSPS) is 10.3. The van der Waals surface area contributed by atoms with Crippen LogP contribution in [-0.2, 0) is 0 Å². The van der Waals surface area contributed by atoms with Crippen molar-refractivity contribution in [3.8, 4) is 11.6 Å². The van der Waals surface area contributed by atoms with Gasteiger partial charge in [0.15, 0.2) is 11.6 Å². The molecule has 0 aliphatic carbocycles. The molecular formula is C13H13F2N3O. The number of nitrogens with zero attached hydrogens (tertiary/aromatic N) is 2. The summed E-state index contributed by atoms with van der Waals surface area (Å²) < 4.78 is 31.6. The second-order valence-electron chi connectivity index (χ2n) is 3.82. The lowest BCUT2D eigenvalue weighted by Crippen LogP contribution is -2.04. The van der Waals surface area contributed by atoms with Crippen LogP contribution in [0.1, 0.15) is 13.3 Å². The first kappa shape index (κ1) is 13.2. The average molecular weight is 265 g/mol. The first-order valence-electron chi connectivity index (χ1n) is 5.89. The second-order valence-corrected chi connectivity index (χ2v) is 3.82. The van der Waals surface area contributed by atoms with Crippen LogP contribution in [0, 0.1) is 11.6 Å². The molecule has 0 spiro atoms. The van der Waals surface area contributed by atoms with E-state index in [1.54, 1.807) is 0 Å². The van der Waals surface area contributed by atoms with Gasteiger partial charge >= 0.3 is 0 Å². The Morgan fingerprint density at radius 2 is 2.11 bits per heavy atom. The summed E-state index contributed by atoms with van der Waals surface area (Å²) in [5.41, 5.74) is 0. The number of halogens is 2. The van der Waals surface area contributed by atoms with E-state index < -0.39 is 11.6 Å². The number of aromatic nitrogens is 2. The van der Waals surface area contributed by atoms with Crippen molar-refractivity contribution in [2.45, 2.75) is 13.3 Å². The number of ether oxygens (including phenoxy) is 1. The van der Waals surface area contributed by atoms with Gasteiger partial charge in [0.05, 0.1) is 0 Å². The van der Waals surface area contributed by atoms with Crippen molar-refractivity contribution in [2.24, 2.45) is 0 Å². The molecule has 19 heavy (non-hydrogen) atoms. The van der Waals surface area contributed by atoms with E-state index in [9.17, 15) is 8.78 Å². The fourth-order valence-corrected chi connectivity index (χ4v) is 1.39. The number of rotatable bonds is 5. The smallest absolute Gasteiger partial charge is 0.225 e. The Morgan fingerprint density at radius 3 is 2.89 bits per heavy atom. The molecule has 1 N–H and O–H groups in total. The fourth-order valence-electron chi connectivity index (χ4n) is 1.39. The number of nitrogens with one attached hydrogen (secondary N) is 1. The maximum atomic E-state index is 13.4. The summed E-state index contributed by atoms with van der Waals surface area (Å²) in [5, 5.41) is 2.98. The lowest BCUT2D eigenvalue weighted by molar-refractivity contribution is 0.422. The third-order valence-electron chi connectivity index (χ3n) is 2.27. The molecule has 4 nitrogen and oxygen atoms in total. The first-order valence-corrected chi connectivity index (χ1v) is 5.89. The summed E-state index contributed by atoms with van der Waals surface area (Å²) in [6.07, 6.45) is 2.41. The zero-order valence-electron chi connectivity index (χ0n) is 10.4. The molecule has 1 heterocycles. The Morgan fingerprint density at radius 1 is 1.26 bits per heavy atom. The van der Waals surface area contributed by atoms with Gasteiger partial charge in [0.1, 0.15) is 5.82 Å². The SMILES string of the molecule is CCCNc1nccc(Oc2cc(F)ccc2F)n1. The summed E-state index contributed by atoms with van der Waals surface area (Å²) in [4.78, 5) is 8.03. The molecule has 0 fully saturated rings. The highest BCUT2D eigenvalue weighted by atomic mass is 19.1. The van der Waals surface area contributed by atoms with E-state index in [2.05, 4.69) is 15.3 Å². The summed E-state index contributed by atoms with van der Waals surface area (Å²) >= 11 is 0. The van der Waals surface area contributed by atoms with Crippen molar-refractivity contribution in [1.29, 1.82) is 0 Å². The van der Waals surface area contributed by atoms with Crippen LogP contribution in [0.3, 0.4) is 0 Å². The quantitative estimate of drug-likeness (QED) is 0.900. The van der Waals surface area contributed by atoms with E-state index >= 15 is 0 Å². The predicted octanol–water partition coefficient (Wildman–Crippen LogP) is 3.37. The summed E-state index contributed by atoms with van der Waals surface area (Å²) in [7, 11) is 0. The van der Waals surface area contributed by atoms with Crippen LogP contribution in [0.5, 0.6) is 11.6 Å². The van der Waals surface area contributed by atoms with Crippen LogP contribution >= 0.6 is 0 Å². The average Bonchev–Trinajstić information content (AvgIpc) is 2.41. The number of benzene rings is 1. The van der Waals surface area contributed by atoms with Crippen LogP contribution in [-0.4, -0.2) is 16.5 Å². The van der Waals surface area contributed by atoms with E-state index in [0.717, 1.165) is 31.2 Å². The zero-order valence-corrected chi connectivity index (χ0v) is 10.4. The van der Waals surface area contributed by atoms with E-state index in [0.29, 0.717) is 5.95 Å². The second kappa shape index (κ2) is 6.08. The van der Waals surface area contributed by atoms with Gasteiger partial charge in [-0.1, -0.05) is 6.92 Å². The van der Waals surface area contributed by atoms with Crippen molar-refractivity contribution >= 4 is 5.95 Å². The van der Waals surface area contributed by atoms with Gasteiger partial charge in [-0.2, -0.15) is 4.98 Å². The van der Waals surface area contributed by atoms with Crippen molar-refractivity contribution < 1.29 is 13.5 Å². The Bertz CT molecular complexity index is 563. The standard InChI is InChI=1S/C13H13F2N3O/c1-2-6-16-13-17-7-5-12(18-13)19-11-8-9(14)3-4-10(11)15/h3-5,7-8H,2,6H2,1H3,(H,16,17,18). The van der Waals surface area contributed by atoms with Crippen LogP contribution < -0.4 is 10.1 Å². The lowest BCUT2D eigenvalue weighted by Gasteiger charge is -2.07. The monoisotopic (exact) mass is 265 g/mol. The predicted molar refractivity (Wildman–Crippen MR) is 67.2 cm³/mol. The Hall–Kier alpha value is -2.24. The molecule has 2 aromatic rings.